The molecule has 142 valence electrons. The van der Waals surface area contributed by atoms with Crippen molar-refractivity contribution in [1.82, 2.24) is 15.5 Å². The number of amides is 1. The number of benzene rings is 1. The number of rotatable bonds is 8. The molecule has 3 aromatic rings. The number of oxazole rings is 1. The maximum absolute atomic E-state index is 11.0. The smallest absolute Gasteiger partial charge is 0.267 e. The van der Waals surface area contributed by atoms with Gasteiger partial charge in [0.25, 0.3) is 11.8 Å². The summed E-state index contributed by atoms with van der Waals surface area (Å²) >= 11 is 0. The molecule has 4 rings (SSSR count). The van der Waals surface area contributed by atoms with Crippen LogP contribution in [0.3, 0.4) is 0 Å². The zero-order valence-electron chi connectivity index (χ0n) is 15.2. The van der Waals surface area contributed by atoms with Gasteiger partial charge < -0.3 is 23.7 Å². The van der Waals surface area contributed by atoms with E-state index in [4.69, 9.17) is 18.4 Å². The first-order valence-corrected chi connectivity index (χ1v) is 8.97. The van der Waals surface area contributed by atoms with Crippen LogP contribution in [0.4, 0.5) is 0 Å². The molecule has 0 radical (unpaired) electrons. The highest BCUT2D eigenvalue weighted by molar-refractivity contribution is 5.77. The van der Waals surface area contributed by atoms with E-state index in [0.29, 0.717) is 34.5 Å². The van der Waals surface area contributed by atoms with Gasteiger partial charge >= 0.3 is 0 Å². The maximum Gasteiger partial charge on any atom is 0.267 e. The Kier molecular flexibility index (Phi) is 4.70. The summed E-state index contributed by atoms with van der Waals surface area (Å²) in [5.74, 6) is 2.34. The Labute approximate surface area is 155 Å². The van der Waals surface area contributed by atoms with Gasteiger partial charge in [0.2, 0.25) is 11.7 Å². The SMILES string of the molecule is CC(=O)NC(C)COc1cc(-c2nc3ccc(OCC4CC4)cc3o2)on1. The Bertz CT molecular complexity index is 944. The number of ether oxygens (including phenoxy) is 2. The largest absolute Gasteiger partial charge is 0.493 e. The fraction of sp³-hybridized carbons (Fsp3) is 0.421. The van der Waals surface area contributed by atoms with Gasteiger partial charge in [0.15, 0.2) is 5.58 Å². The predicted octanol–water partition coefficient (Wildman–Crippen LogP) is 3.18. The normalized spacial score (nSPS) is 14.9. The highest BCUT2D eigenvalue weighted by Gasteiger charge is 2.22. The second kappa shape index (κ2) is 7.30. The van der Waals surface area contributed by atoms with E-state index in [1.165, 1.54) is 19.8 Å². The summed E-state index contributed by atoms with van der Waals surface area (Å²) in [5.41, 5.74) is 1.33. The van der Waals surface area contributed by atoms with E-state index in [-0.39, 0.29) is 18.6 Å². The van der Waals surface area contributed by atoms with Crippen molar-refractivity contribution in [1.29, 1.82) is 0 Å². The van der Waals surface area contributed by atoms with E-state index < -0.39 is 0 Å². The molecule has 0 bridgehead atoms. The van der Waals surface area contributed by atoms with Crippen LogP contribution in [0.5, 0.6) is 11.6 Å². The molecule has 1 saturated carbocycles. The summed E-state index contributed by atoms with van der Waals surface area (Å²) in [6, 6.07) is 7.04. The Morgan fingerprint density at radius 3 is 2.96 bits per heavy atom. The van der Waals surface area contributed by atoms with Crippen molar-refractivity contribution < 1.29 is 23.2 Å². The van der Waals surface area contributed by atoms with Crippen LogP contribution in [-0.2, 0) is 4.79 Å². The van der Waals surface area contributed by atoms with Crippen molar-refractivity contribution in [3.05, 3.63) is 24.3 Å². The molecule has 0 aliphatic heterocycles. The topological polar surface area (TPSA) is 99.6 Å². The van der Waals surface area contributed by atoms with Gasteiger partial charge in [0, 0.05) is 13.0 Å². The quantitative estimate of drug-likeness (QED) is 0.649. The predicted molar refractivity (Wildman–Crippen MR) is 96.5 cm³/mol. The summed E-state index contributed by atoms with van der Waals surface area (Å²) in [5, 5.41) is 6.58. The van der Waals surface area contributed by atoms with Gasteiger partial charge in [-0.05, 0) is 43.0 Å². The minimum atomic E-state index is -0.138. The highest BCUT2D eigenvalue weighted by Crippen LogP contribution is 2.31. The highest BCUT2D eigenvalue weighted by atomic mass is 16.5. The number of nitrogens with zero attached hydrogens (tertiary/aromatic N) is 2. The molecule has 8 heteroatoms. The van der Waals surface area contributed by atoms with Crippen molar-refractivity contribution >= 4 is 17.0 Å². The van der Waals surface area contributed by atoms with Gasteiger partial charge in [-0.25, -0.2) is 4.98 Å². The number of nitrogens with one attached hydrogen (secondary N) is 1. The standard InChI is InChI=1S/C19H21N3O5/c1-11(20-12(2)23)9-25-18-8-17(27-22-18)19-21-15-6-5-14(7-16(15)26-19)24-10-13-3-4-13/h5-8,11,13H,3-4,9-10H2,1-2H3,(H,20,23). The van der Waals surface area contributed by atoms with Crippen LogP contribution in [0.2, 0.25) is 0 Å². The van der Waals surface area contributed by atoms with Crippen LogP contribution in [0, 0.1) is 5.92 Å². The van der Waals surface area contributed by atoms with Gasteiger partial charge in [-0.2, -0.15) is 0 Å². The lowest BCUT2D eigenvalue weighted by Crippen LogP contribution is -2.35. The molecule has 0 spiro atoms. The fourth-order valence-corrected chi connectivity index (χ4v) is 2.63. The number of fused-ring (bicyclic) bond motifs is 1. The van der Waals surface area contributed by atoms with Crippen LogP contribution >= 0.6 is 0 Å². The van der Waals surface area contributed by atoms with E-state index in [1.807, 2.05) is 25.1 Å². The van der Waals surface area contributed by atoms with Crippen LogP contribution < -0.4 is 14.8 Å². The molecular formula is C19H21N3O5. The first-order chi connectivity index (χ1) is 13.1. The van der Waals surface area contributed by atoms with Crippen molar-refractivity contribution in [2.24, 2.45) is 5.92 Å². The van der Waals surface area contributed by atoms with Gasteiger partial charge in [0.1, 0.15) is 17.9 Å². The lowest BCUT2D eigenvalue weighted by molar-refractivity contribution is -0.119. The second-order valence-electron chi connectivity index (χ2n) is 6.84. The third-order valence-corrected chi connectivity index (χ3v) is 4.17. The van der Waals surface area contributed by atoms with Crippen molar-refractivity contribution in [3.8, 4) is 23.3 Å². The molecule has 2 aromatic heterocycles. The zero-order valence-corrected chi connectivity index (χ0v) is 15.2. The van der Waals surface area contributed by atoms with E-state index in [9.17, 15) is 4.79 Å². The molecule has 1 N–H and O–H groups in total. The minimum absolute atomic E-state index is 0.112. The number of hydrogen-bond acceptors (Lipinski definition) is 7. The monoisotopic (exact) mass is 371 g/mol. The maximum atomic E-state index is 11.0. The summed E-state index contributed by atoms with van der Waals surface area (Å²) in [6.45, 7) is 4.32. The average Bonchev–Trinajstić information content (AvgIpc) is 3.17. The van der Waals surface area contributed by atoms with E-state index in [2.05, 4.69) is 15.5 Å². The molecule has 1 unspecified atom stereocenters. The van der Waals surface area contributed by atoms with Crippen molar-refractivity contribution in [2.45, 2.75) is 32.7 Å². The number of carbonyl (C=O) groups excluding carboxylic acids is 1. The first kappa shape index (κ1) is 17.4. The Morgan fingerprint density at radius 2 is 2.19 bits per heavy atom. The summed E-state index contributed by atoms with van der Waals surface area (Å²) < 4.78 is 22.3. The third-order valence-electron chi connectivity index (χ3n) is 4.17. The third kappa shape index (κ3) is 4.39. The lowest BCUT2D eigenvalue weighted by atomic mass is 10.3. The summed E-state index contributed by atoms with van der Waals surface area (Å²) in [4.78, 5) is 15.4. The molecule has 1 fully saturated rings. The molecule has 1 aromatic carbocycles. The minimum Gasteiger partial charge on any atom is -0.493 e. The molecule has 27 heavy (non-hydrogen) atoms. The zero-order chi connectivity index (χ0) is 18.8. The van der Waals surface area contributed by atoms with E-state index in [0.717, 1.165) is 12.4 Å². The molecule has 1 aliphatic rings. The van der Waals surface area contributed by atoms with E-state index in [1.54, 1.807) is 6.07 Å². The number of aromatic nitrogens is 2. The van der Waals surface area contributed by atoms with Crippen LogP contribution in [-0.4, -0.2) is 35.3 Å². The molecule has 0 saturated heterocycles. The van der Waals surface area contributed by atoms with Crippen LogP contribution in [0.15, 0.2) is 33.2 Å². The number of carbonyl (C=O) groups is 1. The number of hydrogen-bond donors (Lipinski definition) is 1. The molecule has 2 heterocycles. The molecule has 1 amide bonds. The Hall–Kier alpha value is -3.03. The molecule has 8 nitrogen and oxygen atoms in total. The van der Waals surface area contributed by atoms with Gasteiger partial charge in [-0.3, -0.25) is 4.79 Å². The Morgan fingerprint density at radius 1 is 1.33 bits per heavy atom. The molecular weight excluding hydrogens is 350 g/mol. The van der Waals surface area contributed by atoms with Crippen molar-refractivity contribution in [2.75, 3.05) is 13.2 Å². The summed E-state index contributed by atoms with van der Waals surface area (Å²) in [7, 11) is 0. The lowest BCUT2D eigenvalue weighted by Gasteiger charge is -2.11. The fourth-order valence-electron chi connectivity index (χ4n) is 2.63. The van der Waals surface area contributed by atoms with Gasteiger partial charge in [-0.1, -0.05) is 0 Å². The second-order valence-corrected chi connectivity index (χ2v) is 6.84. The molecule has 1 atom stereocenters. The van der Waals surface area contributed by atoms with E-state index >= 15 is 0 Å². The van der Waals surface area contributed by atoms with Crippen LogP contribution in [0.25, 0.3) is 22.8 Å². The first-order valence-electron chi connectivity index (χ1n) is 8.97. The van der Waals surface area contributed by atoms with Gasteiger partial charge in [-0.15, -0.1) is 0 Å². The average molecular weight is 371 g/mol. The molecule has 1 aliphatic carbocycles. The van der Waals surface area contributed by atoms with Crippen molar-refractivity contribution in [3.63, 3.8) is 0 Å². The Balaban J connectivity index is 1.42. The van der Waals surface area contributed by atoms with Crippen LogP contribution in [0.1, 0.15) is 26.7 Å². The summed E-state index contributed by atoms with van der Waals surface area (Å²) in [6.07, 6.45) is 2.49. The van der Waals surface area contributed by atoms with Gasteiger partial charge in [0.05, 0.1) is 18.7 Å².